The van der Waals surface area contributed by atoms with E-state index in [1.54, 1.807) is 55.5 Å². The summed E-state index contributed by atoms with van der Waals surface area (Å²) in [6, 6.07) is 18.0. The van der Waals surface area contributed by atoms with Gasteiger partial charge in [0, 0.05) is 34.2 Å². The van der Waals surface area contributed by atoms with Gasteiger partial charge in [0.15, 0.2) is 0 Å². The molecule has 7 nitrogen and oxygen atoms in total. The van der Waals surface area contributed by atoms with E-state index in [1.165, 1.54) is 36.2 Å². The van der Waals surface area contributed by atoms with Gasteiger partial charge >= 0.3 is 0 Å². The molecule has 0 fully saturated rings. The van der Waals surface area contributed by atoms with Crippen LogP contribution in [0.4, 0.5) is 5.69 Å². The summed E-state index contributed by atoms with van der Waals surface area (Å²) in [5.41, 5.74) is 0.739. The monoisotopic (exact) mass is 581 g/mol. The zero-order chi connectivity index (χ0) is 27.2. The van der Waals surface area contributed by atoms with Crippen LogP contribution in [0.25, 0.3) is 0 Å². The average Bonchev–Trinajstić information content (AvgIpc) is 2.89. The Bertz CT molecular complexity index is 1330. The van der Waals surface area contributed by atoms with Crippen LogP contribution in [0.15, 0.2) is 77.7 Å². The quantitative estimate of drug-likeness (QED) is 0.347. The van der Waals surface area contributed by atoms with Gasteiger partial charge < -0.3 is 10.2 Å². The summed E-state index contributed by atoms with van der Waals surface area (Å²) in [6.45, 7) is 1.10. The largest absolute Gasteiger partial charge is 0.357 e. The van der Waals surface area contributed by atoms with Gasteiger partial charge in [0.1, 0.15) is 12.6 Å². The van der Waals surface area contributed by atoms with Crippen LogP contribution in [-0.2, 0) is 26.2 Å². The predicted octanol–water partition coefficient (Wildman–Crippen LogP) is 5.40. The molecule has 1 atom stereocenters. The Kier molecular flexibility index (Phi) is 9.84. The van der Waals surface area contributed by atoms with Crippen molar-refractivity contribution in [2.75, 3.05) is 17.9 Å². The van der Waals surface area contributed by atoms with Crippen molar-refractivity contribution in [3.05, 3.63) is 93.4 Å². The highest BCUT2D eigenvalue weighted by Gasteiger charge is 2.34. The lowest BCUT2D eigenvalue weighted by Gasteiger charge is -2.33. The molecule has 3 aromatic carbocycles. The topological polar surface area (TPSA) is 86.8 Å². The van der Waals surface area contributed by atoms with E-state index in [0.717, 1.165) is 4.31 Å². The molecular weight excluding hydrogens is 557 g/mol. The van der Waals surface area contributed by atoms with Crippen LogP contribution in [0.1, 0.15) is 18.9 Å². The molecule has 0 aromatic heterocycles. The highest BCUT2D eigenvalue weighted by atomic mass is 35.5. The van der Waals surface area contributed by atoms with Gasteiger partial charge in [-0.2, -0.15) is 0 Å². The average molecular weight is 583 g/mol. The fourth-order valence-corrected chi connectivity index (χ4v) is 5.85. The van der Waals surface area contributed by atoms with Crippen LogP contribution in [0.2, 0.25) is 15.1 Å². The minimum Gasteiger partial charge on any atom is -0.357 e. The number of carbonyl (C=O) groups excluding carboxylic acids is 2. The first-order valence-corrected chi connectivity index (χ1v) is 13.9. The van der Waals surface area contributed by atoms with Gasteiger partial charge in [0.25, 0.3) is 10.0 Å². The smallest absolute Gasteiger partial charge is 0.264 e. The van der Waals surface area contributed by atoms with Gasteiger partial charge in [-0.25, -0.2) is 8.42 Å². The van der Waals surface area contributed by atoms with Crippen LogP contribution in [0.5, 0.6) is 0 Å². The van der Waals surface area contributed by atoms with E-state index in [1.807, 2.05) is 0 Å². The fraction of sp³-hybridized carbons (Fsp3) is 0.231. The van der Waals surface area contributed by atoms with E-state index in [-0.39, 0.29) is 23.5 Å². The second-order valence-corrected chi connectivity index (χ2v) is 11.2. The van der Waals surface area contributed by atoms with Crippen LogP contribution < -0.4 is 9.62 Å². The second kappa shape index (κ2) is 12.6. The molecule has 3 aromatic rings. The van der Waals surface area contributed by atoms with E-state index < -0.39 is 34.4 Å². The van der Waals surface area contributed by atoms with Gasteiger partial charge in [-0.05, 0) is 55.0 Å². The number of carbonyl (C=O) groups is 2. The first-order chi connectivity index (χ1) is 17.6. The number of rotatable bonds is 10. The molecule has 2 amide bonds. The van der Waals surface area contributed by atoms with Crippen LogP contribution in [0, 0.1) is 0 Å². The van der Waals surface area contributed by atoms with Crippen LogP contribution >= 0.6 is 34.8 Å². The van der Waals surface area contributed by atoms with Gasteiger partial charge in [0.2, 0.25) is 11.8 Å². The van der Waals surface area contributed by atoms with E-state index >= 15 is 0 Å². The first-order valence-electron chi connectivity index (χ1n) is 11.4. The highest BCUT2D eigenvalue weighted by Crippen LogP contribution is 2.29. The molecule has 0 aliphatic heterocycles. The molecule has 0 heterocycles. The summed E-state index contributed by atoms with van der Waals surface area (Å²) in [7, 11) is -2.70. The lowest BCUT2D eigenvalue weighted by Crippen LogP contribution is -2.51. The summed E-state index contributed by atoms with van der Waals surface area (Å²) in [4.78, 5) is 27.8. The maximum Gasteiger partial charge on any atom is 0.264 e. The highest BCUT2D eigenvalue weighted by molar-refractivity contribution is 7.92. The van der Waals surface area contributed by atoms with Crippen molar-refractivity contribution < 1.29 is 18.0 Å². The Hall–Kier alpha value is -2.78. The second-order valence-electron chi connectivity index (χ2n) is 8.06. The number of nitrogens with one attached hydrogen (secondary N) is 1. The molecule has 37 heavy (non-hydrogen) atoms. The number of benzene rings is 3. The number of anilines is 1. The number of sulfonamides is 1. The standard InChI is InChI=1S/C26H26Cl3N3O4S/c1-3-24(26(34)30-2)31(16-21-22(28)10-7-11-23(21)29)25(33)17-32(19-8-5-4-6-9-19)37(35,36)20-14-12-18(27)13-15-20/h4-15,24H,3,16-17H2,1-2H3,(H,30,34)/t24-/m1/s1. The molecule has 0 unspecified atom stereocenters. The summed E-state index contributed by atoms with van der Waals surface area (Å²) in [6.07, 6.45) is 0.281. The molecule has 1 N–H and O–H groups in total. The summed E-state index contributed by atoms with van der Waals surface area (Å²) in [5, 5.41) is 3.59. The Morgan fingerprint density at radius 1 is 0.892 bits per heavy atom. The summed E-state index contributed by atoms with van der Waals surface area (Å²) >= 11 is 18.7. The van der Waals surface area contributed by atoms with Crippen LogP contribution in [0.3, 0.4) is 0 Å². The minimum atomic E-state index is -4.17. The number of halogens is 3. The van der Waals surface area contributed by atoms with Crippen molar-refractivity contribution in [1.29, 1.82) is 0 Å². The van der Waals surface area contributed by atoms with Crippen molar-refractivity contribution in [2.24, 2.45) is 0 Å². The summed E-state index contributed by atoms with van der Waals surface area (Å²) in [5.74, 6) is -1.00. The lowest BCUT2D eigenvalue weighted by atomic mass is 10.1. The molecule has 11 heteroatoms. The zero-order valence-electron chi connectivity index (χ0n) is 20.2. The van der Waals surface area contributed by atoms with Crippen molar-refractivity contribution in [2.45, 2.75) is 30.8 Å². The number of amides is 2. The SMILES string of the molecule is CC[C@H](C(=O)NC)N(Cc1c(Cl)cccc1Cl)C(=O)CN(c1ccccc1)S(=O)(=O)c1ccc(Cl)cc1. The fourth-order valence-electron chi connectivity index (χ4n) is 3.80. The van der Waals surface area contributed by atoms with Crippen LogP contribution in [-0.4, -0.2) is 44.8 Å². The molecule has 0 aliphatic carbocycles. The van der Waals surface area contributed by atoms with E-state index in [9.17, 15) is 18.0 Å². The van der Waals surface area contributed by atoms with E-state index in [0.29, 0.717) is 20.6 Å². The molecule has 0 aliphatic rings. The summed E-state index contributed by atoms with van der Waals surface area (Å²) < 4.78 is 28.4. The lowest BCUT2D eigenvalue weighted by molar-refractivity contribution is -0.140. The van der Waals surface area contributed by atoms with Gasteiger partial charge in [-0.1, -0.05) is 66.0 Å². The van der Waals surface area contributed by atoms with Gasteiger partial charge in [-0.3, -0.25) is 13.9 Å². The molecule has 0 bridgehead atoms. The third-order valence-corrected chi connectivity index (χ3v) is 8.50. The molecule has 3 rings (SSSR count). The maximum atomic E-state index is 13.8. The number of para-hydroxylation sites is 1. The number of hydrogen-bond acceptors (Lipinski definition) is 4. The maximum absolute atomic E-state index is 13.8. The van der Waals surface area contributed by atoms with Crippen molar-refractivity contribution in [3.8, 4) is 0 Å². The number of likely N-dealkylation sites (N-methyl/N-ethyl adjacent to an activating group) is 1. The van der Waals surface area contributed by atoms with Gasteiger partial charge in [0.05, 0.1) is 10.6 Å². The van der Waals surface area contributed by atoms with E-state index in [2.05, 4.69) is 5.32 Å². The Labute approximate surface area is 232 Å². The molecule has 196 valence electrons. The molecule has 0 saturated carbocycles. The van der Waals surface area contributed by atoms with E-state index in [4.69, 9.17) is 34.8 Å². The zero-order valence-corrected chi connectivity index (χ0v) is 23.3. The third-order valence-electron chi connectivity index (χ3n) is 5.75. The molecule has 0 spiro atoms. The Balaban J connectivity index is 2.07. The molecule has 0 saturated heterocycles. The first kappa shape index (κ1) is 28.8. The molecule has 0 radical (unpaired) electrons. The number of hydrogen-bond donors (Lipinski definition) is 1. The Morgan fingerprint density at radius 2 is 1.49 bits per heavy atom. The van der Waals surface area contributed by atoms with Crippen molar-refractivity contribution in [1.82, 2.24) is 10.2 Å². The van der Waals surface area contributed by atoms with Gasteiger partial charge in [-0.15, -0.1) is 0 Å². The van der Waals surface area contributed by atoms with Crippen molar-refractivity contribution >= 4 is 62.3 Å². The third kappa shape index (κ3) is 6.76. The molecular formula is C26H26Cl3N3O4S. The predicted molar refractivity (Wildman–Crippen MR) is 148 cm³/mol. The van der Waals surface area contributed by atoms with Crippen molar-refractivity contribution in [3.63, 3.8) is 0 Å². The Morgan fingerprint density at radius 3 is 2.03 bits per heavy atom. The normalized spacial score (nSPS) is 12.0. The number of nitrogens with zero attached hydrogens (tertiary/aromatic N) is 2. The minimum absolute atomic E-state index is 0.0346.